The molecule has 2 heterocycles. The first-order valence-corrected chi connectivity index (χ1v) is 11.0. The van der Waals surface area contributed by atoms with Crippen LogP contribution in [0.4, 0.5) is 5.69 Å². The van der Waals surface area contributed by atoms with Gasteiger partial charge in [-0.2, -0.15) is 0 Å². The number of rotatable bonds is 7. The Morgan fingerprint density at radius 3 is 2.68 bits per heavy atom. The number of thioether (sulfide) groups is 1. The van der Waals surface area contributed by atoms with Crippen LogP contribution in [0.2, 0.25) is 5.02 Å². The summed E-state index contributed by atoms with van der Waals surface area (Å²) >= 11 is 7.37. The van der Waals surface area contributed by atoms with Gasteiger partial charge in [-0.15, -0.1) is 10.2 Å². The number of hydrogen-bond donors (Lipinski definition) is 1. The zero-order valence-electron chi connectivity index (χ0n) is 16.8. The summed E-state index contributed by atoms with van der Waals surface area (Å²) in [6, 6.07) is 21.0. The van der Waals surface area contributed by atoms with E-state index in [-0.39, 0.29) is 11.2 Å². The second-order valence-corrected chi connectivity index (χ2v) is 8.62. The maximum absolute atomic E-state index is 12.7. The van der Waals surface area contributed by atoms with Gasteiger partial charge in [-0.1, -0.05) is 59.8 Å². The molecule has 8 heteroatoms. The minimum atomic E-state index is -0.389. The van der Waals surface area contributed by atoms with Crippen molar-refractivity contribution < 1.29 is 4.79 Å². The van der Waals surface area contributed by atoms with Crippen LogP contribution in [0.25, 0.3) is 11.4 Å². The summed E-state index contributed by atoms with van der Waals surface area (Å²) in [7, 11) is 0. The van der Waals surface area contributed by atoms with Crippen molar-refractivity contribution in [2.45, 2.75) is 23.9 Å². The molecule has 0 bridgehead atoms. The zero-order valence-corrected chi connectivity index (χ0v) is 18.3. The summed E-state index contributed by atoms with van der Waals surface area (Å²) < 4.78 is 2.01. The molecule has 156 valence electrons. The lowest BCUT2D eigenvalue weighted by atomic mass is 10.2. The highest BCUT2D eigenvalue weighted by molar-refractivity contribution is 8.00. The van der Waals surface area contributed by atoms with E-state index < -0.39 is 0 Å². The molecular formula is C23H20ClN5OS. The number of amides is 1. The molecule has 0 fully saturated rings. The Balaban J connectivity index is 1.58. The van der Waals surface area contributed by atoms with Crippen LogP contribution in [0.3, 0.4) is 0 Å². The summed E-state index contributed by atoms with van der Waals surface area (Å²) in [5, 5.41) is 12.5. The topological polar surface area (TPSA) is 72.7 Å². The number of aromatic nitrogens is 4. The number of pyridine rings is 1. The van der Waals surface area contributed by atoms with Crippen molar-refractivity contribution in [2.24, 2.45) is 0 Å². The quantitative estimate of drug-likeness (QED) is 0.394. The van der Waals surface area contributed by atoms with Gasteiger partial charge in [0.1, 0.15) is 0 Å². The van der Waals surface area contributed by atoms with E-state index in [4.69, 9.17) is 11.6 Å². The molecule has 6 nitrogen and oxygen atoms in total. The predicted molar refractivity (Wildman–Crippen MR) is 124 cm³/mol. The number of halogens is 1. The van der Waals surface area contributed by atoms with Crippen molar-refractivity contribution >= 4 is 35.0 Å². The van der Waals surface area contributed by atoms with Crippen molar-refractivity contribution in [2.75, 3.05) is 5.32 Å². The van der Waals surface area contributed by atoms with Gasteiger partial charge < -0.3 is 5.32 Å². The summed E-state index contributed by atoms with van der Waals surface area (Å²) in [6.07, 6.45) is 3.48. The SMILES string of the molecule is CC(Sc1nnc(-c2cccnc2)n1Cc1ccccc1)C(=O)Nc1cccc(Cl)c1. The molecule has 2 aromatic heterocycles. The van der Waals surface area contributed by atoms with Gasteiger partial charge in [0.2, 0.25) is 5.91 Å². The Labute approximate surface area is 189 Å². The van der Waals surface area contributed by atoms with E-state index in [2.05, 4.69) is 32.6 Å². The van der Waals surface area contributed by atoms with Crippen molar-refractivity contribution in [3.8, 4) is 11.4 Å². The third-order valence-corrected chi connectivity index (χ3v) is 5.88. The maximum atomic E-state index is 12.7. The average molecular weight is 450 g/mol. The van der Waals surface area contributed by atoms with Crippen molar-refractivity contribution in [3.05, 3.63) is 89.7 Å². The Morgan fingerprint density at radius 2 is 1.94 bits per heavy atom. The molecular weight excluding hydrogens is 430 g/mol. The lowest BCUT2D eigenvalue weighted by Crippen LogP contribution is -2.23. The lowest BCUT2D eigenvalue weighted by molar-refractivity contribution is -0.115. The van der Waals surface area contributed by atoms with Gasteiger partial charge in [0.05, 0.1) is 11.8 Å². The average Bonchev–Trinajstić information content (AvgIpc) is 3.17. The van der Waals surface area contributed by atoms with E-state index in [9.17, 15) is 4.79 Å². The standard InChI is InChI=1S/C23H20ClN5OS/c1-16(22(30)26-20-11-5-10-19(24)13-20)31-23-28-27-21(18-9-6-12-25-14-18)29(23)15-17-7-3-2-4-8-17/h2-14,16H,15H2,1H3,(H,26,30). The van der Waals surface area contributed by atoms with E-state index in [0.717, 1.165) is 11.1 Å². The first kappa shape index (κ1) is 21.1. The second kappa shape index (κ2) is 9.76. The molecule has 4 aromatic rings. The minimum Gasteiger partial charge on any atom is -0.325 e. The van der Waals surface area contributed by atoms with Gasteiger partial charge in [-0.05, 0) is 42.8 Å². The summed E-state index contributed by atoms with van der Waals surface area (Å²) in [5.41, 5.74) is 2.64. The van der Waals surface area contributed by atoms with E-state index >= 15 is 0 Å². The maximum Gasteiger partial charge on any atom is 0.237 e. The fourth-order valence-corrected chi connectivity index (χ4v) is 4.05. The van der Waals surface area contributed by atoms with Crippen LogP contribution < -0.4 is 5.32 Å². The molecule has 1 atom stereocenters. The fourth-order valence-electron chi connectivity index (χ4n) is 3.01. The zero-order chi connectivity index (χ0) is 21.6. The van der Waals surface area contributed by atoms with Crippen molar-refractivity contribution in [1.82, 2.24) is 19.7 Å². The van der Waals surface area contributed by atoms with Gasteiger partial charge in [-0.25, -0.2) is 0 Å². The highest BCUT2D eigenvalue weighted by atomic mass is 35.5. The van der Waals surface area contributed by atoms with Crippen molar-refractivity contribution in [1.29, 1.82) is 0 Å². The molecule has 0 radical (unpaired) electrons. The molecule has 31 heavy (non-hydrogen) atoms. The Bertz CT molecular complexity index is 1170. The van der Waals surface area contributed by atoms with E-state index in [0.29, 0.717) is 28.2 Å². The molecule has 1 unspecified atom stereocenters. The van der Waals surface area contributed by atoms with Gasteiger partial charge in [-0.3, -0.25) is 14.3 Å². The van der Waals surface area contributed by atoms with E-state index in [1.54, 1.807) is 36.7 Å². The number of hydrogen-bond acceptors (Lipinski definition) is 5. The molecule has 0 aliphatic rings. The molecule has 0 spiro atoms. The van der Waals surface area contributed by atoms with Crippen LogP contribution in [0.15, 0.2) is 84.3 Å². The fraction of sp³-hybridized carbons (Fsp3) is 0.130. The van der Waals surface area contributed by atoms with Crippen LogP contribution in [0, 0.1) is 0 Å². The van der Waals surface area contributed by atoms with E-state index in [1.165, 1.54) is 11.8 Å². The first-order chi connectivity index (χ1) is 15.1. The van der Waals surface area contributed by atoms with Crippen LogP contribution in [0.1, 0.15) is 12.5 Å². The van der Waals surface area contributed by atoms with Gasteiger partial charge in [0.15, 0.2) is 11.0 Å². The van der Waals surface area contributed by atoms with E-state index in [1.807, 2.05) is 41.8 Å². The lowest BCUT2D eigenvalue weighted by Gasteiger charge is -2.14. The smallest absolute Gasteiger partial charge is 0.237 e. The van der Waals surface area contributed by atoms with Crippen LogP contribution in [-0.2, 0) is 11.3 Å². The molecule has 1 amide bonds. The summed E-state index contributed by atoms with van der Waals surface area (Å²) in [4.78, 5) is 16.9. The minimum absolute atomic E-state index is 0.135. The molecule has 2 aromatic carbocycles. The normalized spacial score (nSPS) is 11.8. The monoisotopic (exact) mass is 449 g/mol. The Kier molecular flexibility index (Phi) is 6.64. The second-order valence-electron chi connectivity index (χ2n) is 6.88. The summed E-state index contributed by atoms with van der Waals surface area (Å²) in [5.74, 6) is 0.575. The number of carbonyl (C=O) groups is 1. The molecule has 4 rings (SSSR count). The molecule has 0 saturated heterocycles. The molecule has 0 aliphatic carbocycles. The molecule has 0 saturated carbocycles. The van der Waals surface area contributed by atoms with Crippen molar-refractivity contribution in [3.63, 3.8) is 0 Å². The van der Waals surface area contributed by atoms with Crippen LogP contribution in [-0.4, -0.2) is 30.9 Å². The number of benzene rings is 2. The van der Waals surface area contributed by atoms with Gasteiger partial charge in [0.25, 0.3) is 0 Å². The number of nitrogens with zero attached hydrogens (tertiary/aromatic N) is 4. The predicted octanol–water partition coefficient (Wildman–Crippen LogP) is 5.16. The van der Waals surface area contributed by atoms with Crippen LogP contribution in [0.5, 0.6) is 0 Å². The highest BCUT2D eigenvalue weighted by Gasteiger charge is 2.21. The highest BCUT2D eigenvalue weighted by Crippen LogP contribution is 2.28. The largest absolute Gasteiger partial charge is 0.325 e. The first-order valence-electron chi connectivity index (χ1n) is 9.71. The third-order valence-electron chi connectivity index (χ3n) is 4.56. The number of nitrogens with one attached hydrogen (secondary N) is 1. The van der Waals surface area contributed by atoms with Gasteiger partial charge >= 0.3 is 0 Å². The molecule has 1 N–H and O–H groups in total. The summed E-state index contributed by atoms with van der Waals surface area (Å²) in [6.45, 7) is 2.43. The number of anilines is 1. The Morgan fingerprint density at radius 1 is 1.10 bits per heavy atom. The third kappa shape index (κ3) is 5.31. The Hall–Kier alpha value is -3.16. The molecule has 0 aliphatic heterocycles. The number of carbonyl (C=O) groups excluding carboxylic acids is 1. The van der Waals surface area contributed by atoms with Crippen LogP contribution >= 0.6 is 23.4 Å². The van der Waals surface area contributed by atoms with Gasteiger partial charge in [0, 0.05) is 28.7 Å².